The SMILES string of the molecule is CCNC(C#N)CCN(C)CC1CCC1. The molecule has 0 aromatic carbocycles. The van der Waals surface area contributed by atoms with Crippen LogP contribution in [0.5, 0.6) is 0 Å². The van der Waals surface area contributed by atoms with Crippen molar-refractivity contribution in [3.8, 4) is 6.07 Å². The molecule has 0 aromatic rings. The number of rotatable bonds is 7. The Hall–Kier alpha value is -0.590. The lowest BCUT2D eigenvalue weighted by Gasteiger charge is -2.30. The molecular weight excluding hydrogens is 186 g/mol. The highest BCUT2D eigenvalue weighted by molar-refractivity contribution is 4.89. The lowest BCUT2D eigenvalue weighted by molar-refractivity contribution is 0.201. The van der Waals surface area contributed by atoms with Crippen LogP contribution in [-0.4, -0.2) is 37.6 Å². The summed E-state index contributed by atoms with van der Waals surface area (Å²) < 4.78 is 0. The van der Waals surface area contributed by atoms with Gasteiger partial charge >= 0.3 is 0 Å². The van der Waals surface area contributed by atoms with Gasteiger partial charge in [-0.2, -0.15) is 5.26 Å². The third kappa shape index (κ3) is 4.63. The predicted octanol–water partition coefficient (Wildman–Crippen LogP) is 1.61. The highest BCUT2D eigenvalue weighted by Gasteiger charge is 2.19. The van der Waals surface area contributed by atoms with Crippen LogP contribution in [0, 0.1) is 17.2 Å². The maximum absolute atomic E-state index is 8.88. The number of hydrogen-bond acceptors (Lipinski definition) is 3. The average molecular weight is 209 g/mol. The third-order valence-electron chi connectivity index (χ3n) is 3.20. The van der Waals surface area contributed by atoms with E-state index in [-0.39, 0.29) is 6.04 Å². The van der Waals surface area contributed by atoms with Gasteiger partial charge in [0.05, 0.1) is 12.1 Å². The Bertz CT molecular complexity index is 205. The van der Waals surface area contributed by atoms with Crippen molar-refractivity contribution >= 4 is 0 Å². The smallest absolute Gasteiger partial charge is 0.0965 e. The summed E-state index contributed by atoms with van der Waals surface area (Å²) in [7, 11) is 2.17. The second-order valence-corrected chi connectivity index (χ2v) is 4.59. The van der Waals surface area contributed by atoms with Gasteiger partial charge in [-0.15, -0.1) is 0 Å². The summed E-state index contributed by atoms with van der Waals surface area (Å²) in [6.07, 6.45) is 5.16. The van der Waals surface area contributed by atoms with E-state index in [2.05, 4.69) is 23.3 Å². The summed E-state index contributed by atoms with van der Waals surface area (Å²) in [6, 6.07) is 2.33. The number of nitriles is 1. The van der Waals surface area contributed by atoms with E-state index in [0.29, 0.717) is 0 Å². The zero-order valence-corrected chi connectivity index (χ0v) is 10.00. The molecule has 1 fully saturated rings. The lowest BCUT2D eigenvalue weighted by Crippen LogP contribution is -2.35. The summed E-state index contributed by atoms with van der Waals surface area (Å²) in [4.78, 5) is 2.37. The van der Waals surface area contributed by atoms with E-state index in [1.165, 1.54) is 25.8 Å². The molecule has 1 aliphatic carbocycles. The molecule has 1 rings (SSSR count). The molecule has 3 heteroatoms. The van der Waals surface area contributed by atoms with E-state index in [1.54, 1.807) is 0 Å². The summed E-state index contributed by atoms with van der Waals surface area (Å²) in [6.45, 7) is 5.17. The van der Waals surface area contributed by atoms with Crippen LogP contribution in [0.25, 0.3) is 0 Å². The molecule has 1 unspecified atom stereocenters. The van der Waals surface area contributed by atoms with Crippen molar-refractivity contribution in [1.29, 1.82) is 5.26 Å². The molecule has 0 heterocycles. The van der Waals surface area contributed by atoms with Gasteiger partial charge in [0, 0.05) is 13.1 Å². The Morgan fingerprint density at radius 2 is 2.27 bits per heavy atom. The predicted molar refractivity (Wildman–Crippen MR) is 62.5 cm³/mol. The van der Waals surface area contributed by atoms with Crippen LogP contribution in [0.4, 0.5) is 0 Å². The zero-order chi connectivity index (χ0) is 11.1. The van der Waals surface area contributed by atoms with Gasteiger partial charge in [0.2, 0.25) is 0 Å². The molecule has 1 N–H and O–H groups in total. The molecule has 0 aromatic heterocycles. The van der Waals surface area contributed by atoms with E-state index in [1.807, 2.05) is 6.92 Å². The van der Waals surface area contributed by atoms with Crippen molar-refractivity contribution in [2.24, 2.45) is 5.92 Å². The second-order valence-electron chi connectivity index (χ2n) is 4.59. The largest absolute Gasteiger partial charge is 0.306 e. The Labute approximate surface area is 93.5 Å². The van der Waals surface area contributed by atoms with Gasteiger partial charge in [-0.05, 0) is 38.8 Å². The monoisotopic (exact) mass is 209 g/mol. The van der Waals surface area contributed by atoms with Gasteiger partial charge in [0.1, 0.15) is 0 Å². The lowest BCUT2D eigenvalue weighted by atomic mass is 9.85. The maximum Gasteiger partial charge on any atom is 0.0965 e. The molecular formula is C12H23N3. The van der Waals surface area contributed by atoms with Gasteiger partial charge < -0.3 is 10.2 Å². The zero-order valence-electron chi connectivity index (χ0n) is 10.00. The van der Waals surface area contributed by atoms with Crippen LogP contribution >= 0.6 is 0 Å². The fourth-order valence-electron chi connectivity index (χ4n) is 2.02. The summed E-state index contributed by atoms with van der Waals surface area (Å²) in [5, 5.41) is 12.1. The van der Waals surface area contributed by atoms with Crippen LogP contribution in [0.3, 0.4) is 0 Å². The molecule has 15 heavy (non-hydrogen) atoms. The van der Waals surface area contributed by atoms with Gasteiger partial charge in [0.15, 0.2) is 0 Å². The Morgan fingerprint density at radius 1 is 1.53 bits per heavy atom. The van der Waals surface area contributed by atoms with Gasteiger partial charge in [-0.25, -0.2) is 0 Å². The van der Waals surface area contributed by atoms with Gasteiger partial charge in [0.25, 0.3) is 0 Å². The van der Waals surface area contributed by atoms with Crippen LogP contribution in [-0.2, 0) is 0 Å². The molecule has 0 amide bonds. The molecule has 86 valence electrons. The molecule has 0 radical (unpaired) electrons. The molecule has 1 saturated carbocycles. The number of nitrogens with one attached hydrogen (secondary N) is 1. The minimum Gasteiger partial charge on any atom is -0.306 e. The third-order valence-corrected chi connectivity index (χ3v) is 3.20. The Kier molecular flexibility index (Phi) is 5.67. The first-order chi connectivity index (χ1) is 7.26. The topological polar surface area (TPSA) is 39.1 Å². The molecule has 0 aliphatic heterocycles. The standard InChI is InChI=1S/C12H23N3/c1-3-14-12(9-13)7-8-15(2)10-11-5-4-6-11/h11-12,14H,3-8,10H2,1-2H3. The van der Waals surface area contributed by atoms with E-state index in [9.17, 15) is 0 Å². The molecule has 0 saturated heterocycles. The van der Waals surface area contributed by atoms with Crippen LogP contribution in [0.15, 0.2) is 0 Å². The van der Waals surface area contributed by atoms with Crippen LogP contribution in [0.1, 0.15) is 32.6 Å². The minimum absolute atomic E-state index is 0.0267. The van der Waals surface area contributed by atoms with Crippen molar-refractivity contribution in [2.45, 2.75) is 38.6 Å². The molecule has 0 spiro atoms. The van der Waals surface area contributed by atoms with E-state index in [4.69, 9.17) is 5.26 Å². The van der Waals surface area contributed by atoms with Gasteiger partial charge in [-0.1, -0.05) is 13.3 Å². The molecule has 1 aliphatic rings. The first kappa shape index (κ1) is 12.5. The maximum atomic E-state index is 8.88. The van der Waals surface area contributed by atoms with Crippen molar-refractivity contribution < 1.29 is 0 Å². The van der Waals surface area contributed by atoms with Gasteiger partial charge in [-0.3, -0.25) is 0 Å². The molecule has 3 nitrogen and oxygen atoms in total. The number of nitrogens with zero attached hydrogens (tertiary/aromatic N) is 2. The minimum atomic E-state index is 0.0267. The number of hydrogen-bond donors (Lipinski definition) is 1. The van der Waals surface area contributed by atoms with E-state index in [0.717, 1.165) is 25.4 Å². The summed E-state index contributed by atoms with van der Waals surface area (Å²) in [5.41, 5.74) is 0. The Balaban J connectivity index is 2.08. The fourth-order valence-corrected chi connectivity index (χ4v) is 2.02. The highest BCUT2D eigenvalue weighted by atomic mass is 15.1. The van der Waals surface area contributed by atoms with Crippen LogP contribution < -0.4 is 5.32 Å². The second kappa shape index (κ2) is 6.81. The first-order valence-electron chi connectivity index (χ1n) is 6.07. The molecule has 0 bridgehead atoms. The van der Waals surface area contributed by atoms with Crippen molar-refractivity contribution in [3.63, 3.8) is 0 Å². The van der Waals surface area contributed by atoms with Crippen molar-refractivity contribution in [1.82, 2.24) is 10.2 Å². The fraction of sp³-hybridized carbons (Fsp3) is 0.917. The first-order valence-corrected chi connectivity index (χ1v) is 6.07. The van der Waals surface area contributed by atoms with E-state index >= 15 is 0 Å². The summed E-state index contributed by atoms with van der Waals surface area (Å²) >= 11 is 0. The van der Waals surface area contributed by atoms with Crippen LogP contribution in [0.2, 0.25) is 0 Å². The Morgan fingerprint density at radius 3 is 2.73 bits per heavy atom. The van der Waals surface area contributed by atoms with Crippen molar-refractivity contribution in [2.75, 3.05) is 26.7 Å². The van der Waals surface area contributed by atoms with E-state index < -0.39 is 0 Å². The average Bonchev–Trinajstić information content (AvgIpc) is 2.18. The summed E-state index contributed by atoms with van der Waals surface area (Å²) in [5.74, 6) is 0.926. The molecule has 1 atom stereocenters. The van der Waals surface area contributed by atoms with Crippen molar-refractivity contribution in [3.05, 3.63) is 0 Å². The normalized spacial score (nSPS) is 18.5. The highest BCUT2D eigenvalue weighted by Crippen LogP contribution is 2.26. The quantitative estimate of drug-likeness (QED) is 0.692.